The molecule has 0 aliphatic carbocycles. The minimum atomic E-state index is -5.14. The molecular formula is C15H29NaO7S. The van der Waals surface area contributed by atoms with Gasteiger partial charge in [-0.15, -0.1) is 0 Å². The van der Waals surface area contributed by atoms with Gasteiger partial charge >= 0.3 is 41.5 Å². The van der Waals surface area contributed by atoms with Gasteiger partial charge in [-0.1, -0.05) is 27.7 Å². The maximum atomic E-state index is 12.0. The maximum absolute atomic E-state index is 12.0. The van der Waals surface area contributed by atoms with Gasteiger partial charge in [0.15, 0.2) is 0 Å². The van der Waals surface area contributed by atoms with Crippen LogP contribution in [0.1, 0.15) is 61.7 Å². The Labute approximate surface area is 167 Å². The van der Waals surface area contributed by atoms with Crippen molar-refractivity contribution in [2.75, 3.05) is 0 Å². The Balaban J connectivity index is -0.00000242. The summed E-state index contributed by atoms with van der Waals surface area (Å²) in [5, 5.41) is 19.2. The van der Waals surface area contributed by atoms with Crippen molar-refractivity contribution in [1.29, 1.82) is 0 Å². The summed E-state index contributed by atoms with van der Waals surface area (Å²) in [7, 11) is -5.14. The van der Waals surface area contributed by atoms with E-state index in [9.17, 15) is 32.8 Å². The monoisotopic (exact) mass is 376 g/mol. The number of carboxylic acids is 2. The van der Waals surface area contributed by atoms with Gasteiger partial charge in [0.2, 0.25) is 4.75 Å². The molecule has 0 aromatic rings. The number of carboxylic acid groups (broad SMARTS) is 2. The zero-order valence-corrected chi connectivity index (χ0v) is 18.2. The molecule has 0 radical (unpaired) electrons. The molecule has 0 aromatic heterocycles. The van der Waals surface area contributed by atoms with Crippen molar-refractivity contribution in [1.82, 2.24) is 0 Å². The van der Waals surface area contributed by atoms with Crippen LogP contribution in [0.4, 0.5) is 0 Å². The molecule has 1 atom stereocenters. The van der Waals surface area contributed by atoms with E-state index >= 15 is 0 Å². The zero-order valence-electron chi connectivity index (χ0n) is 16.4. The first kappa shape index (κ1) is 26.1. The van der Waals surface area contributed by atoms with Crippen LogP contribution in [0.3, 0.4) is 0 Å². The van der Waals surface area contributed by atoms with E-state index in [1.54, 1.807) is 0 Å². The van der Waals surface area contributed by atoms with Gasteiger partial charge in [-0.25, -0.2) is 0 Å². The van der Waals surface area contributed by atoms with Crippen molar-refractivity contribution >= 4 is 22.1 Å². The number of aliphatic carboxylic acids is 2. The van der Waals surface area contributed by atoms with Crippen molar-refractivity contribution in [3.8, 4) is 0 Å². The van der Waals surface area contributed by atoms with Gasteiger partial charge in [0.05, 0.1) is 0 Å². The van der Waals surface area contributed by atoms with Crippen LogP contribution in [0, 0.1) is 17.3 Å². The molecule has 7 nitrogen and oxygen atoms in total. The van der Waals surface area contributed by atoms with E-state index in [1.165, 1.54) is 0 Å². The molecule has 0 aliphatic heterocycles. The Hall–Kier alpha value is -0.150. The minimum absolute atomic E-state index is 0. The SMILES string of the molecule is CC(C)CCC(CCC(C)C)(C(=O)O)C(C)(C(=O)O)S(=O)(=O)O.[H-].[Na+]. The molecule has 0 aliphatic rings. The molecule has 1 unspecified atom stereocenters. The van der Waals surface area contributed by atoms with Crippen LogP contribution >= 0.6 is 0 Å². The first-order valence-corrected chi connectivity index (χ1v) is 9.10. The number of hydrogen-bond donors (Lipinski definition) is 3. The van der Waals surface area contributed by atoms with Crippen LogP contribution in [0.15, 0.2) is 0 Å². The standard InChI is InChI=1S/C15H28O7S.Na.H/c1-10(2)6-8-15(13(18)19,9-7-11(3)4)14(5,12(16)17)23(20,21)22;;/h10-11H,6-9H2,1-5H3,(H,16,17)(H,18,19)(H,20,21,22);;/q;+1;-1. The van der Waals surface area contributed by atoms with Crippen LogP contribution in [0.2, 0.25) is 0 Å². The molecular weight excluding hydrogens is 347 g/mol. The predicted molar refractivity (Wildman–Crippen MR) is 86.9 cm³/mol. The molecule has 9 heteroatoms. The third-order valence-electron chi connectivity index (χ3n) is 4.54. The molecule has 0 heterocycles. The zero-order chi connectivity index (χ0) is 18.6. The van der Waals surface area contributed by atoms with Crippen molar-refractivity contribution < 1.29 is 63.8 Å². The van der Waals surface area contributed by atoms with E-state index in [0.29, 0.717) is 12.8 Å². The fourth-order valence-electron chi connectivity index (χ4n) is 2.65. The second kappa shape index (κ2) is 9.52. The van der Waals surface area contributed by atoms with Crippen LogP contribution in [-0.4, -0.2) is 39.9 Å². The Morgan fingerprint density at radius 2 is 1.29 bits per heavy atom. The Morgan fingerprint density at radius 3 is 1.46 bits per heavy atom. The molecule has 24 heavy (non-hydrogen) atoms. The third-order valence-corrected chi connectivity index (χ3v) is 6.14. The fourth-order valence-corrected chi connectivity index (χ4v) is 3.66. The summed E-state index contributed by atoms with van der Waals surface area (Å²) < 4.78 is 30.4. The van der Waals surface area contributed by atoms with E-state index < -0.39 is 32.2 Å². The number of carbonyl (C=O) groups is 2. The molecule has 0 fully saturated rings. The van der Waals surface area contributed by atoms with E-state index in [1.807, 2.05) is 27.7 Å². The molecule has 0 spiro atoms. The summed E-state index contributed by atoms with van der Waals surface area (Å²) in [4.78, 5) is 23.7. The molecule has 0 bridgehead atoms. The molecule has 0 rings (SSSR count). The predicted octanol–water partition coefficient (Wildman–Crippen LogP) is -0.223. The molecule has 3 N–H and O–H groups in total. The van der Waals surface area contributed by atoms with Gasteiger partial charge in [0, 0.05) is 0 Å². The van der Waals surface area contributed by atoms with Gasteiger partial charge in [0.25, 0.3) is 10.1 Å². The number of hydrogen-bond acceptors (Lipinski definition) is 4. The summed E-state index contributed by atoms with van der Waals surface area (Å²) in [6.45, 7) is 8.13. The van der Waals surface area contributed by atoms with E-state index in [0.717, 1.165) is 6.92 Å². The topological polar surface area (TPSA) is 129 Å². The minimum Gasteiger partial charge on any atom is -1.00 e. The van der Waals surface area contributed by atoms with Gasteiger partial charge < -0.3 is 11.6 Å². The molecule has 0 saturated heterocycles. The summed E-state index contributed by atoms with van der Waals surface area (Å²) >= 11 is 0. The molecule has 0 aromatic carbocycles. The average Bonchev–Trinajstić information content (AvgIpc) is 2.35. The van der Waals surface area contributed by atoms with Gasteiger partial charge in [-0.05, 0) is 44.4 Å². The first-order chi connectivity index (χ1) is 10.2. The van der Waals surface area contributed by atoms with E-state index in [2.05, 4.69) is 0 Å². The van der Waals surface area contributed by atoms with Crippen LogP contribution in [-0.2, 0) is 19.7 Å². The van der Waals surface area contributed by atoms with Gasteiger partial charge in [-0.3, -0.25) is 14.1 Å². The van der Waals surface area contributed by atoms with Gasteiger partial charge in [0.1, 0.15) is 5.41 Å². The Kier molecular flexibility index (Phi) is 10.3. The van der Waals surface area contributed by atoms with Crippen LogP contribution in [0.25, 0.3) is 0 Å². The van der Waals surface area contributed by atoms with E-state index in [4.69, 9.17) is 0 Å². The third kappa shape index (κ3) is 5.42. The normalized spacial score (nSPS) is 15.0. The summed E-state index contributed by atoms with van der Waals surface area (Å²) in [5.41, 5.74) is -2.10. The number of rotatable bonds is 10. The summed E-state index contributed by atoms with van der Waals surface area (Å²) in [6, 6.07) is 0. The fraction of sp³-hybridized carbons (Fsp3) is 0.867. The average molecular weight is 376 g/mol. The van der Waals surface area contributed by atoms with Crippen molar-refractivity contribution in [3.63, 3.8) is 0 Å². The molecule has 0 amide bonds. The first-order valence-electron chi connectivity index (χ1n) is 7.66. The van der Waals surface area contributed by atoms with Gasteiger partial charge in [-0.2, -0.15) is 8.42 Å². The molecule has 0 saturated carbocycles. The largest absolute Gasteiger partial charge is 1.00 e. The van der Waals surface area contributed by atoms with Crippen molar-refractivity contribution in [3.05, 3.63) is 0 Å². The van der Waals surface area contributed by atoms with Crippen molar-refractivity contribution in [2.45, 2.75) is 65.0 Å². The summed E-state index contributed by atoms with van der Waals surface area (Å²) in [6.07, 6.45) is 0.385. The van der Waals surface area contributed by atoms with E-state index in [-0.39, 0.29) is 55.7 Å². The second-order valence-corrected chi connectivity index (χ2v) is 8.83. The molecule has 138 valence electrons. The quantitative estimate of drug-likeness (QED) is 0.355. The van der Waals surface area contributed by atoms with Crippen LogP contribution in [0.5, 0.6) is 0 Å². The second-order valence-electron chi connectivity index (χ2n) is 7.07. The Bertz CT molecular complexity index is 536. The van der Waals surface area contributed by atoms with Crippen LogP contribution < -0.4 is 29.6 Å². The summed E-state index contributed by atoms with van der Waals surface area (Å²) in [5.74, 6) is -3.24. The Morgan fingerprint density at radius 1 is 0.958 bits per heavy atom. The maximum Gasteiger partial charge on any atom is 1.00 e. The smallest absolute Gasteiger partial charge is 1.00 e. The van der Waals surface area contributed by atoms with Crippen molar-refractivity contribution in [2.24, 2.45) is 17.3 Å².